The van der Waals surface area contributed by atoms with Crippen LogP contribution in [-0.4, -0.2) is 57.7 Å². The summed E-state index contributed by atoms with van der Waals surface area (Å²) in [6, 6.07) is 4.04. The summed E-state index contributed by atoms with van der Waals surface area (Å²) in [5.74, 6) is 2.04. The van der Waals surface area contributed by atoms with Crippen LogP contribution in [-0.2, 0) is 40.5 Å². The number of carbonyl (C=O) groups is 1. The number of fused-ring (bicyclic) bond motifs is 1. The van der Waals surface area contributed by atoms with Crippen molar-refractivity contribution in [3.63, 3.8) is 0 Å². The molecule has 2 aromatic heterocycles. The summed E-state index contributed by atoms with van der Waals surface area (Å²) >= 11 is 0. The third-order valence-corrected chi connectivity index (χ3v) is 6.46. The SMILES string of the molecule is Cc1ccc(CN2CCC3(C2)Cn2nnc(CNC(=O)C4CCOCC4)c2CO3)o1. The third kappa shape index (κ3) is 4.01. The van der Waals surface area contributed by atoms with Crippen molar-refractivity contribution in [1.82, 2.24) is 25.2 Å². The van der Waals surface area contributed by atoms with Gasteiger partial charge in [-0.1, -0.05) is 5.21 Å². The second-order valence-corrected chi connectivity index (χ2v) is 8.69. The molecule has 1 unspecified atom stereocenters. The minimum absolute atomic E-state index is 0.0343. The van der Waals surface area contributed by atoms with Gasteiger partial charge in [0.15, 0.2) is 0 Å². The van der Waals surface area contributed by atoms with E-state index in [4.69, 9.17) is 13.9 Å². The van der Waals surface area contributed by atoms with Gasteiger partial charge in [0.25, 0.3) is 0 Å². The number of likely N-dealkylation sites (tertiary alicyclic amines) is 1. The Hall–Kier alpha value is -2.23. The molecule has 162 valence electrons. The molecule has 1 N–H and O–H groups in total. The maximum atomic E-state index is 12.4. The number of hydrogen-bond acceptors (Lipinski definition) is 7. The summed E-state index contributed by atoms with van der Waals surface area (Å²) in [5, 5.41) is 11.7. The Morgan fingerprint density at radius 2 is 2.17 bits per heavy atom. The summed E-state index contributed by atoms with van der Waals surface area (Å²) in [7, 11) is 0. The number of carbonyl (C=O) groups excluding carboxylic acids is 1. The lowest BCUT2D eigenvalue weighted by atomic mass is 9.99. The quantitative estimate of drug-likeness (QED) is 0.789. The van der Waals surface area contributed by atoms with Crippen molar-refractivity contribution in [2.45, 2.75) is 58.0 Å². The van der Waals surface area contributed by atoms with E-state index in [-0.39, 0.29) is 17.4 Å². The van der Waals surface area contributed by atoms with Crippen LogP contribution in [0.25, 0.3) is 0 Å². The number of nitrogens with one attached hydrogen (secondary N) is 1. The van der Waals surface area contributed by atoms with E-state index in [2.05, 4.69) is 20.5 Å². The molecule has 1 spiro atoms. The van der Waals surface area contributed by atoms with Crippen molar-refractivity contribution in [2.75, 3.05) is 26.3 Å². The smallest absolute Gasteiger partial charge is 0.223 e. The van der Waals surface area contributed by atoms with Gasteiger partial charge in [0, 0.05) is 32.2 Å². The van der Waals surface area contributed by atoms with Crippen molar-refractivity contribution in [3.8, 4) is 0 Å². The maximum Gasteiger partial charge on any atom is 0.223 e. The van der Waals surface area contributed by atoms with E-state index >= 15 is 0 Å². The predicted octanol–water partition coefficient (Wildman–Crippen LogP) is 1.40. The van der Waals surface area contributed by atoms with Crippen LogP contribution in [0.4, 0.5) is 0 Å². The molecule has 0 aromatic carbocycles. The number of ether oxygens (including phenoxy) is 2. The highest BCUT2D eigenvalue weighted by Gasteiger charge is 2.43. The van der Waals surface area contributed by atoms with Crippen LogP contribution in [0.1, 0.15) is 42.2 Å². The predicted molar refractivity (Wildman–Crippen MR) is 106 cm³/mol. The number of aryl methyl sites for hydroxylation is 1. The van der Waals surface area contributed by atoms with Gasteiger partial charge in [-0.15, -0.1) is 5.10 Å². The number of nitrogens with zero attached hydrogens (tertiary/aromatic N) is 4. The number of aromatic nitrogens is 3. The Bertz CT molecular complexity index is 903. The number of rotatable bonds is 5. The molecule has 0 bridgehead atoms. The van der Waals surface area contributed by atoms with E-state index in [1.807, 2.05) is 23.7 Å². The summed E-state index contributed by atoms with van der Waals surface area (Å²) in [4.78, 5) is 14.8. The Morgan fingerprint density at radius 1 is 1.30 bits per heavy atom. The van der Waals surface area contributed by atoms with Crippen LogP contribution in [0.3, 0.4) is 0 Å². The zero-order valence-corrected chi connectivity index (χ0v) is 17.4. The van der Waals surface area contributed by atoms with Crippen LogP contribution in [0.15, 0.2) is 16.5 Å². The zero-order chi connectivity index (χ0) is 20.6. The molecule has 1 atom stereocenters. The molecule has 3 aliphatic heterocycles. The minimum Gasteiger partial charge on any atom is -0.465 e. The first-order valence-corrected chi connectivity index (χ1v) is 10.8. The topological polar surface area (TPSA) is 94.7 Å². The Balaban J connectivity index is 1.18. The molecule has 30 heavy (non-hydrogen) atoms. The molecule has 5 heterocycles. The zero-order valence-electron chi connectivity index (χ0n) is 17.4. The third-order valence-electron chi connectivity index (χ3n) is 6.46. The largest absolute Gasteiger partial charge is 0.465 e. The van der Waals surface area contributed by atoms with Crippen molar-refractivity contribution < 1.29 is 18.7 Å². The van der Waals surface area contributed by atoms with E-state index in [9.17, 15) is 4.79 Å². The van der Waals surface area contributed by atoms with Gasteiger partial charge in [0.05, 0.1) is 31.9 Å². The minimum atomic E-state index is -0.231. The molecule has 0 aliphatic carbocycles. The fourth-order valence-corrected chi connectivity index (χ4v) is 4.71. The standard InChI is InChI=1S/C21H29N5O4/c1-15-2-3-17(30-15)11-25-7-6-21(13-25)14-26-19(12-29-21)18(23-24-26)10-22-20(27)16-4-8-28-9-5-16/h2-3,16H,4-14H2,1H3,(H,22,27). The average Bonchev–Trinajstić information content (AvgIpc) is 3.46. The Morgan fingerprint density at radius 3 is 2.97 bits per heavy atom. The molecule has 0 saturated carbocycles. The summed E-state index contributed by atoms with van der Waals surface area (Å²) < 4.78 is 19.4. The molecule has 2 saturated heterocycles. The fourth-order valence-electron chi connectivity index (χ4n) is 4.71. The highest BCUT2D eigenvalue weighted by atomic mass is 16.5. The first-order valence-electron chi connectivity index (χ1n) is 10.8. The summed E-state index contributed by atoms with van der Waals surface area (Å²) in [6.45, 7) is 7.46. The molecule has 5 rings (SSSR count). The monoisotopic (exact) mass is 415 g/mol. The van der Waals surface area contributed by atoms with Crippen LogP contribution in [0, 0.1) is 12.8 Å². The van der Waals surface area contributed by atoms with Crippen LogP contribution >= 0.6 is 0 Å². The van der Waals surface area contributed by atoms with Gasteiger partial charge in [-0.3, -0.25) is 9.69 Å². The fraction of sp³-hybridized carbons (Fsp3) is 0.667. The average molecular weight is 415 g/mol. The first kappa shape index (κ1) is 19.7. The van der Waals surface area contributed by atoms with Gasteiger partial charge >= 0.3 is 0 Å². The lowest BCUT2D eigenvalue weighted by Crippen LogP contribution is -2.44. The van der Waals surface area contributed by atoms with E-state index < -0.39 is 0 Å². The molecule has 0 radical (unpaired) electrons. The molecule has 9 nitrogen and oxygen atoms in total. The molecular formula is C21H29N5O4. The van der Waals surface area contributed by atoms with E-state index in [0.29, 0.717) is 32.9 Å². The van der Waals surface area contributed by atoms with Gasteiger partial charge in [-0.05, 0) is 38.3 Å². The highest BCUT2D eigenvalue weighted by Crippen LogP contribution is 2.33. The van der Waals surface area contributed by atoms with Crippen molar-refractivity contribution in [2.24, 2.45) is 5.92 Å². The van der Waals surface area contributed by atoms with E-state index in [1.165, 1.54) is 0 Å². The number of amides is 1. The molecule has 9 heteroatoms. The summed E-state index contributed by atoms with van der Waals surface area (Å²) in [5.41, 5.74) is 1.53. The Kier molecular flexibility index (Phi) is 5.34. The van der Waals surface area contributed by atoms with Crippen LogP contribution < -0.4 is 5.32 Å². The molecule has 1 amide bonds. The van der Waals surface area contributed by atoms with Gasteiger partial charge in [-0.25, -0.2) is 4.68 Å². The lowest BCUT2D eigenvalue weighted by Gasteiger charge is -2.34. The van der Waals surface area contributed by atoms with E-state index in [0.717, 1.165) is 61.8 Å². The summed E-state index contributed by atoms with van der Waals surface area (Å²) in [6.07, 6.45) is 2.53. The van der Waals surface area contributed by atoms with Crippen molar-refractivity contribution >= 4 is 5.91 Å². The lowest BCUT2D eigenvalue weighted by molar-refractivity contribution is -0.128. The van der Waals surface area contributed by atoms with E-state index in [1.54, 1.807) is 0 Å². The van der Waals surface area contributed by atoms with Crippen LogP contribution in [0.2, 0.25) is 0 Å². The molecule has 2 fully saturated rings. The van der Waals surface area contributed by atoms with Crippen molar-refractivity contribution in [1.29, 1.82) is 0 Å². The second-order valence-electron chi connectivity index (χ2n) is 8.69. The molecular weight excluding hydrogens is 386 g/mol. The van der Waals surface area contributed by atoms with Crippen molar-refractivity contribution in [3.05, 3.63) is 35.0 Å². The van der Waals surface area contributed by atoms with Gasteiger partial charge in [-0.2, -0.15) is 0 Å². The van der Waals surface area contributed by atoms with Gasteiger partial charge in [0.2, 0.25) is 5.91 Å². The van der Waals surface area contributed by atoms with Crippen LogP contribution in [0.5, 0.6) is 0 Å². The number of furan rings is 1. The second kappa shape index (κ2) is 8.13. The highest BCUT2D eigenvalue weighted by molar-refractivity contribution is 5.78. The normalized spacial score (nSPS) is 25.0. The van der Waals surface area contributed by atoms with Gasteiger partial charge < -0.3 is 19.2 Å². The maximum absolute atomic E-state index is 12.4. The number of hydrogen-bond donors (Lipinski definition) is 1. The molecule has 3 aliphatic rings. The molecule has 2 aromatic rings. The first-order chi connectivity index (χ1) is 14.6. The Labute approximate surface area is 175 Å². The van der Waals surface area contributed by atoms with Gasteiger partial charge in [0.1, 0.15) is 22.8 Å².